The molecule has 0 fully saturated rings. The fourth-order valence-electron chi connectivity index (χ4n) is 2.99. The molecular weight excluding hydrogens is 342 g/mol. The van der Waals surface area contributed by atoms with Crippen LogP contribution in [-0.4, -0.2) is 20.7 Å². The lowest BCUT2D eigenvalue weighted by Gasteiger charge is -2.08. The van der Waals surface area contributed by atoms with Gasteiger partial charge in [0.1, 0.15) is 0 Å². The molecule has 0 bridgehead atoms. The van der Waals surface area contributed by atoms with Crippen LogP contribution in [0, 0.1) is 6.92 Å². The van der Waals surface area contributed by atoms with Crippen LogP contribution in [0.3, 0.4) is 0 Å². The molecule has 0 aliphatic carbocycles. The average molecular weight is 361 g/mol. The first kappa shape index (κ1) is 17.0. The predicted molar refractivity (Wildman–Crippen MR) is 101 cm³/mol. The molecule has 0 N–H and O–H groups in total. The minimum atomic E-state index is -0.650. The van der Waals surface area contributed by atoms with Gasteiger partial charge >= 0.3 is 5.97 Å². The molecule has 0 unspecified atom stereocenters. The monoisotopic (exact) mass is 361 g/mol. The number of nitrogens with zero attached hydrogens (tertiary/aromatic N) is 3. The van der Waals surface area contributed by atoms with Crippen molar-refractivity contribution in [2.75, 3.05) is 0 Å². The van der Waals surface area contributed by atoms with E-state index in [4.69, 9.17) is 9.15 Å². The van der Waals surface area contributed by atoms with E-state index in [1.807, 2.05) is 67.1 Å². The number of rotatable bonds is 4. The van der Waals surface area contributed by atoms with Crippen LogP contribution in [0.25, 0.3) is 22.4 Å². The molecule has 2 heterocycles. The van der Waals surface area contributed by atoms with E-state index in [1.165, 1.54) is 0 Å². The number of carbonyl (C=O) groups is 1. The van der Waals surface area contributed by atoms with E-state index in [0.29, 0.717) is 11.5 Å². The van der Waals surface area contributed by atoms with Crippen LogP contribution in [-0.2, 0) is 11.8 Å². The van der Waals surface area contributed by atoms with Crippen LogP contribution in [0.1, 0.15) is 34.8 Å². The molecule has 1 atom stereocenters. The molecule has 6 nitrogen and oxygen atoms in total. The average Bonchev–Trinajstić information content (AvgIpc) is 3.28. The SMILES string of the molecule is Cc1ccc(-c2nnc([C@H](C)OC(=O)c3cn(C)c4ccccc34)o2)cc1. The van der Waals surface area contributed by atoms with Gasteiger partial charge in [0, 0.05) is 29.7 Å². The van der Waals surface area contributed by atoms with Gasteiger partial charge in [0.2, 0.25) is 5.89 Å². The maximum atomic E-state index is 12.6. The van der Waals surface area contributed by atoms with Crippen molar-refractivity contribution in [3.05, 3.63) is 71.7 Å². The number of aryl methyl sites for hydroxylation is 2. The van der Waals surface area contributed by atoms with Crippen molar-refractivity contribution in [3.8, 4) is 11.5 Å². The van der Waals surface area contributed by atoms with Crippen LogP contribution in [0.2, 0.25) is 0 Å². The van der Waals surface area contributed by atoms with Crippen molar-refractivity contribution in [1.82, 2.24) is 14.8 Å². The lowest BCUT2D eigenvalue weighted by molar-refractivity contribution is 0.0282. The fourth-order valence-corrected chi connectivity index (χ4v) is 2.99. The van der Waals surface area contributed by atoms with Gasteiger partial charge in [0.25, 0.3) is 5.89 Å². The van der Waals surface area contributed by atoms with Crippen LogP contribution < -0.4 is 0 Å². The van der Waals surface area contributed by atoms with Gasteiger partial charge in [-0.1, -0.05) is 35.9 Å². The minimum Gasteiger partial charge on any atom is -0.449 e. The van der Waals surface area contributed by atoms with Gasteiger partial charge < -0.3 is 13.7 Å². The van der Waals surface area contributed by atoms with Crippen LogP contribution in [0.15, 0.2) is 59.1 Å². The molecule has 0 spiro atoms. The Kier molecular flexibility index (Phi) is 4.24. The molecular formula is C21H19N3O3. The second-order valence-corrected chi connectivity index (χ2v) is 6.53. The summed E-state index contributed by atoms with van der Waals surface area (Å²) in [6, 6.07) is 15.5. The number of esters is 1. The Bertz CT molecular complexity index is 1110. The van der Waals surface area contributed by atoms with Crippen LogP contribution in [0.5, 0.6) is 0 Å². The highest BCUT2D eigenvalue weighted by atomic mass is 16.6. The van der Waals surface area contributed by atoms with E-state index in [2.05, 4.69) is 10.2 Å². The number of para-hydroxylation sites is 1. The Morgan fingerprint density at radius 2 is 1.85 bits per heavy atom. The van der Waals surface area contributed by atoms with Crippen molar-refractivity contribution >= 4 is 16.9 Å². The minimum absolute atomic E-state index is 0.263. The summed E-state index contributed by atoms with van der Waals surface area (Å²) in [6.45, 7) is 3.73. The Hall–Kier alpha value is -3.41. The van der Waals surface area contributed by atoms with Gasteiger partial charge in [-0.25, -0.2) is 4.79 Å². The molecule has 2 aromatic carbocycles. The molecule has 4 rings (SSSR count). The topological polar surface area (TPSA) is 70.2 Å². The number of aromatic nitrogens is 3. The molecule has 27 heavy (non-hydrogen) atoms. The first-order valence-corrected chi connectivity index (χ1v) is 8.68. The normalized spacial score (nSPS) is 12.3. The standard InChI is InChI=1S/C21H19N3O3/c1-13-8-10-15(11-9-13)20-23-22-19(27-20)14(2)26-21(25)17-12-24(3)18-7-5-4-6-16(17)18/h4-12,14H,1-3H3/t14-/m0/s1. The molecule has 2 aromatic heterocycles. The van der Waals surface area contributed by atoms with E-state index >= 15 is 0 Å². The van der Waals surface area contributed by atoms with Crippen molar-refractivity contribution in [3.63, 3.8) is 0 Å². The van der Waals surface area contributed by atoms with Gasteiger partial charge in [-0.05, 0) is 32.0 Å². The molecule has 6 heteroatoms. The van der Waals surface area contributed by atoms with Gasteiger partial charge in [-0.3, -0.25) is 0 Å². The van der Waals surface area contributed by atoms with Crippen molar-refractivity contribution in [2.45, 2.75) is 20.0 Å². The van der Waals surface area contributed by atoms with Crippen molar-refractivity contribution in [2.24, 2.45) is 7.05 Å². The summed E-state index contributed by atoms with van der Waals surface area (Å²) in [4.78, 5) is 12.6. The maximum Gasteiger partial charge on any atom is 0.341 e. The molecule has 0 radical (unpaired) electrons. The number of hydrogen-bond donors (Lipinski definition) is 0. The number of fused-ring (bicyclic) bond motifs is 1. The molecule has 0 aliphatic rings. The summed E-state index contributed by atoms with van der Waals surface area (Å²) in [5.74, 6) is 0.242. The largest absolute Gasteiger partial charge is 0.449 e. The highest BCUT2D eigenvalue weighted by molar-refractivity contribution is 6.04. The van der Waals surface area contributed by atoms with E-state index in [1.54, 1.807) is 13.1 Å². The van der Waals surface area contributed by atoms with E-state index < -0.39 is 12.1 Å². The van der Waals surface area contributed by atoms with Gasteiger partial charge in [0.15, 0.2) is 6.10 Å². The molecule has 136 valence electrons. The lowest BCUT2D eigenvalue weighted by atomic mass is 10.1. The quantitative estimate of drug-likeness (QED) is 0.502. The molecule has 0 amide bonds. The Labute approximate surface area is 156 Å². The first-order chi connectivity index (χ1) is 13.0. The second-order valence-electron chi connectivity index (χ2n) is 6.53. The summed E-state index contributed by atoms with van der Waals surface area (Å²) >= 11 is 0. The van der Waals surface area contributed by atoms with E-state index in [-0.39, 0.29) is 5.89 Å². The third kappa shape index (κ3) is 3.21. The first-order valence-electron chi connectivity index (χ1n) is 8.68. The van der Waals surface area contributed by atoms with E-state index in [0.717, 1.165) is 22.0 Å². The Morgan fingerprint density at radius 3 is 2.63 bits per heavy atom. The predicted octanol–water partition coefficient (Wildman–Crippen LogP) is 4.45. The number of ether oxygens (including phenoxy) is 1. The van der Waals surface area contributed by atoms with Gasteiger partial charge in [-0.2, -0.15) is 0 Å². The lowest BCUT2D eigenvalue weighted by Crippen LogP contribution is -2.09. The maximum absolute atomic E-state index is 12.6. The Morgan fingerprint density at radius 1 is 1.11 bits per heavy atom. The summed E-state index contributed by atoms with van der Waals surface area (Å²) in [6.07, 6.45) is 1.12. The van der Waals surface area contributed by atoms with Crippen LogP contribution >= 0.6 is 0 Å². The van der Waals surface area contributed by atoms with Gasteiger partial charge in [0.05, 0.1) is 5.56 Å². The fraction of sp³-hybridized carbons (Fsp3) is 0.190. The highest BCUT2D eigenvalue weighted by Gasteiger charge is 2.22. The summed E-state index contributed by atoms with van der Waals surface area (Å²) in [5.41, 5.74) is 3.46. The molecule has 0 saturated heterocycles. The molecule has 0 aliphatic heterocycles. The zero-order valence-corrected chi connectivity index (χ0v) is 15.3. The van der Waals surface area contributed by atoms with Crippen LogP contribution in [0.4, 0.5) is 0 Å². The Balaban J connectivity index is 1.54. The summed E-state index contributed by atoms with van der Waals surface area (Å²) in [7, 11) is 1.90. The number of carbonyl (C=O) groups excluding carboxylic acids is 1. The highest BCUT2D eigenvalue weighted by Crippen LogP contribution is 2.26. The third-order valence-corrected chi connectivity index (χ3v) is 4.49. The zero-order valence-electron chi connectivity index (χ0n) is 15.3. The smallest absolute Gasteiger partial charge is 0.341 e. The van der Waals surface area contributed by atoms with E-state index in [9.17, 15) is 4.79 Å². The van der Waals surface area contributed by atoms with Crippen molar-refractivity contribution < 1.29 is 13.9 Å². The zero-order chi connectivity index (χ0) is 19.0. The van der Waals surface area contributed by atoms with Crippen molar-refractivity contribution in [1.29, 1.82) is 0 Å². The number of benzene rings is 2. The molecule has 0 saturated carbocycles. The summed E-state index contributed by atoms with van der Waals surface area (Å²) < 4.78 is 13.2. The second kappa shape index (κ2) is 6.72. The number of hydrogen-bond acceptors (Lipinski definition) is 5. The molecule has 4 aromatic rings. The summed E-state index contributed by atoms with van der Waals surface area (Å²) in [5, 5.41) is 8.94. The third-order valence-electron chi connectivity index (χ3n) is 4.49. The van der Waals surface area contributed by atoms with Gasteiger partial charge in [-0.15, -0.1) is 10.2 Å².